The van der Waals surface area contributed by atoms with E-state index in [1.54, 1.807) is 4.90 Å². The number of hydrogen-bond acceptors (Lipinski definition) is 4. The Kier molecular flexibility index (Phi) is 2.79. The summed E-state index contributed by atoms with van der Waals surface area (Å²) in [5, 5.41) is 0.135. The van der Waals surface area contributed by atoms with Crippen molar-refractivity contribution in [2.75, 3.05) is 12.3 Å². The van der Waals surface area contributed by atoms with Crippen LogP contribution in [0.5, 0.6) is 0 Å². The number of nitrogens with two attached hydrogens (primary N) is 1. The summed E-state index contributed by atoms with van der Waals surface area (Å²) >= 11 is 1.36. The topological polar surface area (TPSA) is 59.5 Å². The van der Waals surface area contributed by atoms with Gasteiger partial charge in [0.15, 0.2) is 0 Å². The van der Waals surface area contributed by atoms with Crippen molar-refractivity contribution in [1.29, 1.82) is 0 Å². The lowest BCUT2D eigenvalue weighted by Crippen LogP contribution is -2.22. The molecule has 0 spiro atoms. The quantitative estimate of drug-likeness (QED) is 0.823. The summed E-state index contributed by atoms with van der Waals surface area (Å²) in [5.74, 6) is 2.45. The first-order valence-electron chi connectivity index (χ1n) is 4.49. The largest absolute Gasteiger partial charge is 0.463 e. The van der Waals surface area contributed by atoms with Crippen molar-refractivity contribution in [2.45, 2.75) is 13.1 Å². The first kappa shape index (κ1) is 9.61. The molecule has 5 heteroatoms. The van der Waals surface area contributed by atoms with Crippen LogP contribution in [-0.2, 0) is 13.1 Å². The summed E-state index contributed by atoms with van der Waals surface area (Å²) in [4.78, 5) is 13.1. The lowest BCUT2D eigenvalue weighted by atomic mass is 10.4. The maximum Gasteiger partial charge on any atom is 0.282 e. The summed E-state index contributed by atoms with van der Waals surface area (Å²) in [7, 11) is 0. The van der Waals surface area contributed by atoms with Crippen LogP contribution in [0.2, 0.25) is 0 Å². The van der Waals surface area contributed by atoms with Gasteiger partial charge in [-0.2, -0.15) is 0 Å². The monoisotopic (exact) mass is 212 g/mol. The van der Waals surface area contributed by atoms with Crippen LogP contribution in [0, 0.1) is 0 Å². The van der Waals surface area contributed by atoms with Gasteiger partial charge in [-0.25, -0.2) is 0 Å². The summed E-state index contributed by atoms with van der Waals surface area (Å²) in [5.41, 5.74) is 5.42. The fourth-order valence-corrected chi connectivity index (χ4v) is 2.20. The fourth-order valence-electron chi connectivity index (χ4n) is 1.37. The van der Waals surface area contributed by atoms with Crippen molar-refractivity contribution in [3.63, 3.8) is 0 Å². The molecule has 1 saturated heterocycles. The van der Waals surface area contributed by atoms with Crippen LogP contribution >= 0.6 is 11.8 Å². The van der Waals surface area contributed by atoms with Crippen LogP contribution in [0.3, 0.4) is 0 Å². The van der Waals surface area contributed by atoms with E-state index in [1.807, 2.05) is 12.1 Å². The number of rotatable bonds is 3. The lowest BCUT2D eigenvalue weighted by Gasteiger charge is -2.11. The molecule has 0 aliphatic carbocycles. The first-order chi connectivity index (χ1) is 6.79. The molecule has 0 aromatic carbocycles. The summed E-state index contributed by atoms with van der Waals surface area (Å²) in [6.07, 6.45) is 0. The van der Waals surface area contributed by atoms with E-state index in [9.17, 15) is 4.79 Å². The number of furan rings is 1. The van der Waals surface area contributed by atoms with Crippen LogP contribution in [0.15, 0.2) is 16.5 Å². The second-order valence-corrected chi connectivity index (χ2v) is 4.15. The van der Waals surface area contributed by atoms with Gasteiger partial charge in [-0.3, -0.25) is 4.79 Å². The van der Waals surface area contributed by atoms with E-state index in [4.69, 9.17) is 10.2 Å². The van der Waals surface area contributed by atoms with Gasteiger partial charge >= 0.3 is 0 Å². The van der Waals surface area contributed by atoms with E-state index >= 15 is 0 Å². The maximum absolute atomic E-state index is 11.3. The van der Waals surface area contributed by atoms with Crippen molar-refractivity contribution in [3.05, 3.63) is 23.7 Å². The molecule has 14 heavy (non-hydrogen) atoms. The Bertz CT molecular complexity index is 337. The minimum absolute atomic E-state index is 0.135. The molecule has 2 heterocycles. The predicted molar refractivity (Wildman–Crippen MR) is 54.9 cm³/mol. The van der Waals surface area contributed by atoms with Gasteiger partial charge < -0.3 is 15.1 Å². The molecule has 0 unspecified atom stereocenters. The number of hydrogen-bond donors (Lipinski definition) is 1. The highest BCUT2D eigenvalue weighted by atomic mass is 32.2. The predicted octanol–water partition coefficient (Wildman–Crippen LogP) is 1.41. The molecule has 1 aliphatic heterocycles. The zero-order chi connectivity index (χ0) is 9.97. The molecule has 0 radical (unpaired) electrons. The van der Waals surface area contributed by atoms with Crippen molar-refractivity contribution < 1.29 is 9.21 Å². The highest BCUT2D eigenvalue weighted by Gasteiger charge is 2.21. The van der Waals surface area contributed by atoms with Gasteiger partial charge in [-0.1, -0.05) is 11.8 Å². The molecule has 1 amide bonds. The highest BCUT2D eigenvalue weighted by molar-refractivity contribution is 8.13. The van der Waals surface area contributed by atoms with Crippen molar-refractivity contribution >= 4 is 17.0 Å². The third-order valence-corrected chi connectivity index (χ3v) is 3.00. The summed E-state index contributed by atoms with van der Waals surface area (Å²) in [6.45, 7) is 1.77. The third kappa shape index (κ3) is 1.93. The van der Waals surface area contributed by atoms with Gasteiger partial charge in [0.2, 0.25) is 0 Å². The van der Waals surface area contributed by atoms with Gasteiger partial charge in [0.25, 0.3) is 5.24 Å². The molecular weight excluding hydrogens is 200 g/mol. The van der Waals surface area contributed by atoms with Crippen LogP contribution < -0.4 is 5.73 Å². The van der Waals surface area contributed by atoms with E-state index < -0.39 is 0 Å². The Morgan fingerprint density at radius 1 is 1.50 bits per heavy atom. The number of thioether (sulfide) groups is 1. The zero-order valence-electron chi connectivity index (χ0n) is 7.73. The van der Waals surface area contributed by atoms with Crippen molar-refractivity contribution in [2.24, 2.45) is 5.73 Å². The van der Waals surface area contributed by atoms with Gasteiger partial charge in [0.05, 0.1) is 13.1 Å². The molecule has 0 saturated carbocycles. The first-order valence-corrected chi connectivity index (χ1v) is 5.47. The normalized spacial score (nSPS) is 16.6. The fraction of sp³-hybridized carbons (Fsp3) is 0.444. The van der Waals surface area contributed by atoms with Gasteiger partial charge in [-0.05, 0) is 12.1 Å². The standard InChI is InChI=1S/C9H12N2O2S/c10-5-7-1-2-8(13-7)6-11-3-4-14-9(11)12/h1-2H,3-6,10H2. The Morgan fingerprint density at radius 2 is 2.29 bits per heavy atom. The number of carbonyl (C=O) groups excluding carboxylic acids is 1. The third-order valence-electron chi connectivity index (χ3n) is 2.11. The van der Waals surface area contributed by atoms with E-state index in [0.717, 1.165) is 23.8 Å². The van der Waals surface area contributed by atoms with Gasteiger partial charge in [0, 0.05) is 12.3 Å². The van der Waals surface area contributed by atoms with Crippen LogP contribution in [0.1, 0.15) is 11.5 Å². The number of amides is 1. The van der Waals surface area contributed by atoms with E-state index in [-0.39, 0.29) is 5.24 Å². The summed E-state index contributed by atoms with van der Waals surface area (Å²) < 4.78 is 5.41. The molecular formula is C9H12N2O2S. The second-order valence-electron chi connectivity index (χ2n) is 3.11. The van der Waals surface area contributed by atoms with Crippen LogP contribution in [0.4, 0.5) is 4.79 Å². The van der Waals surface area contributed by atoms with Gasteiger partial charge in [-0.15, -0.1) is 0 Å². The highest BCUT2D eigenvalue weighted by Crippen LogP contribution is 2.20. The molecule has 2 N–H and O–H groups in total. The minimum Gasteiger partial charge on any atom is -0.463 e. The minimum atomic E-state index is 0.135. The molecule has 1 aliphatic rings. The number of carbonyl (C=O) groups is 1. The maximum atomic E-state index is 11.3. The molecule has 76 valence electrons. The lowest BCUT2D eigenvalue weighted by molar-refractivity contribution is 0.222. The number of nitrogens with zero attached hydrogens (tertiary/aromatic N) is 1. The molecule has 0 bridgehead atoms. The average Bonchev–Trinajstić information content (AvgIpc) is 2.77. The van der Waals surface area contributed by atoms with Crippen molar-refractivity contribution in [1.82, 2.24) is 4.90 Å². The molecule has 0 atom stereocenters. The van der Waals surface area contributed by atoms with Crippen LogP contribution in [0.25, 0.3) is 0 Å². The SMILES string of the molecule is NCc1ccc(CN2CCSC2=O)o1. The Labute approximate surface area is 86.4 Å². The molecule has 1 aromatic rings. The van der Waals surface area contributed by atoms with Crippen LogP contribution in [-0.4, -0.2) is 22.4 Å². The Balaban J connectivity index is 1.99. The Morgan fingerprint density at radius 3 is 2.86 bits per heavy atom. The zero-order valence-corrected chi connectivity index (χ0v) is 8.55. The van der Waals surface area contributed by atoms with E-state index in [1.165, 1.54) is 11.8 Å². The Hall–Kier alpha value is -0.940. The molecule has 4 nitrogen and oxygen atoms in total. The van der Waals surface area contributed by atoms with E-state index in [0.29, 0.717) is 13.1 Å². The van der Waals surface area contributed by atoms with Gasteiger partial charge in [0.1, 0.15) is 11.5 Å². The molecule has 1 aromatic heterocycles. The second kappa shape index (κ2) is 4.06. The van der Waals surface area contributed by atoms with E-state index in [2.05, 4.69) is 0 Å². The average molecular weight is 212 g/mol. The molecule has 1 fully saturated rings. The summed E-state index contributed by atoms with van der Waals surface area (Å²) in [6, 6.07) is 3.72. The molecule has 2 rings (SSSR count). The smallest absolute Gasteiger partial charge is 0.282 e. The van der Waals surface area contributed by atoms with Crippen molar-refractivity contribution in [3.8, 4) is 0 Å².